The molecule has 0 aromatic heterocycles. The van der Waals surface area contributed by atoms with Crippen molar-refractivity contribution in [1.82, 2.24) is 5.32 Å². The van der Waals surface area contributed by atoms with Crippen molar-refractivity contribution >= 4 is 0 Å². The smallest absolute Gasteiger partial charge is 0.129 e. The molecule has 0 aliphatic heterocycles. The van der Waals surface area contributed by atoms with Gasteiger partial charge in [0, 0.05) is 18.2 Å². The molecule has 0 radical (unpaired) electrons. The Kier molecular flexibility index (Phi) is 5.02. The van der Waals surface area contributed by atoms with Crippen LogP contribution < -0.4 is 5.32 Å². The summed E-state index contributed by atoms with van der Waals surface area (Å²) in [7, 11) is 0. The van der Waals surface area contributed by atoms with Crippen LogP contribution in [0.3, 0.4) is 0 Å². The molecule has 0 saturated heterocycles. The summed E-state index contributed by atoms with van der Waals surface area (Å²) in [6, 6.07) is 3.30. The Morgan fingerprint density at radius 1 is 1.24 bits per heavy atom. The monoisotopic (exact) mass is 243 g/mol. The van der Waals surface area contributed by atoms with E-state index in [1.54, 1.807) is 0 Å². The van der Waals surface area contributed by atoms with Crippen molar-refractivity contribution in [2.24, 2.45) is 5.92 Å². The molecular weight excluding hydrogens is 224 g/mol. The standard InChI is InChI=1S/C13H19F2NO/c1-8(2)9(3)16-7-13(17)11-6-10(14)4-5-12(11)15/h4-6,8-9,13,16-17H,7H2,1-3H3. The molecule has 0 aliphatic rings. The largest absolute Gasteiger partial charge is 0.387 e. The van der Waals surface area contributed by atoms with Gasteiger partial charge in [0.2, 0.25) is 0 Å². The number of halogens is 2. The Labute approximate surface area is 101 Å². The van der Waals surface area contributed by atoms with Crippen molar-refractivity contribution in [3.8, 4) is 0 Å². The fraction of sp³-hybridized carbons (Fsp3) is 0.538. The molecule has 0 spiro atoms. The van der Waals surface area contributed by atoms with Crippen LogP contribution in [-0.2, 0) is 0 Å². The third kappa shape index (κ3) is 4.06. The van der Waals surface area contributed by atoms with Gasteiger partial charge in [-0.05, 0) is 31.0 Å². The van der Waals surface area contributed by atoms with Gasteiger partial charge in [-0.3, -0.25) is 0 Å². The van der Waals surface area contributed by atoms with E-state index < -0.39 is 17.7 Å². The highest BCUT2D eigenvalue weighted by Crippen LogP contribution is 2.18. The Morgan fingerprint density at radius 3 is 2.47 bits per heavy atom. The third-order valence-corrected chi connectivity index (χ3v) is 2.95. The Bertz CT molecular complexity index is 368. The lowest BCUT2D eigenvalue weighted by Gasteiger charge is -2.20. The normalized spacial score (nSPS) is 15.0. The summed E-state index contributed by atoms with van der Waals surface area (Å²) >= 11 is 0. The summed E-state index contributed by atoms with van der Waals surface area (Å²) < 4.78 is 26.3. The molecule has 2 N–H and O–H groups in total. The quantitative estimate of drug-likeness (QED) is 0.833. The Hall–Kier alpha value is -1.00. The molecule has 0 amide bonds. The van der Waals surface area contributed by atoms with Crippen molar-refractivity contribution in [3.63, 3.8) is 0 Å². The first kappa shape index (κ1) is 14.1. The lowest BCUT2D eigenvalue weighted by atomic mass is 10.0. The number of hydrogen-bond acceptors (Lipinski definition) is 2. The number of nitrogens with one attached hydrogen (secondary N) is 1. The van der Waals surface area contributed by atoms with Crippen molar-refractivity contribution < 1.29 is 13.9 Å². The molecule has 17 heavy (non-hydrogen) atoms. The second kappa shape index (κ2) is 6.07. The van der Waals surface area contributed by atoms with Crippen LogP contribution in [0.4, 0.5) is 8.78 Å². The number of aliphatic hydroxyl groups is 1. The van der Waals surface area contributed by atoms with Gasteiger partial charge in [0.1, 0.15) is 11.6 Å². The van der Waals surface area contributed by atoms with E-state index in [2.05, 4.69) is 5.32 Å². The first-order chi connectivity index (χ1) is 7.91. The van der Waals surface area contributed by atoms with Crippen LogP contribution in [-0.4, -0.2) is 17.7 Å². The average Bonchev–Trinajstić information content (AvgIpc) is 2.28. The topological polar surface area (TPSA) is 32.3 Å². The molecule has 0 bridgehead atoms. The number of aliphatic hydroxyl groups excluding tert-OH is 1. The highest BCUT2D eigenvalue weighted by atomic mass is 19.1. The van der Waals surface area contributed by atoms with Gasteiger partial charge in [-0.25, -0.2) is 8.78 Å². The first-order valence-electron chi connectivity index (χ1n) is 5.78. The van der Waals surface area contributed by atoms with Crippen LogP contribution >= 0.6 is 0 Å². The van der Waals surface area contributed by atoms with Crippen LogP contribution in [0.2, 0.25) is 0 Å². The van der Waals surface area contributed by atoms with Gasteiger partial charge in [-0.2, -0.15) is 0 Å². The molecule has 0 saturated carbocycles. The van der Waals surface area contributed by atoms with Crippen molar-refractivity contribution in [2.45, 2.75) is 32.9 Å². The Balaban J connectivity index is 2.63. The minimum atomic E-state index is -1.04. The molecule has 4 heteroatoms. The van der Waals surface area contributed by atoms with Crippen molar-refractivity contribution in [1.29, 1.82) is 0 Å². The highest BCUT2D eigenvalue weighted by Gasteiger charge is 2.15. The van der Waals surface area contributed by atoms with E-state index in [0.29, 0.717) is 5.92 Å². The molecular formula is C13H19F2NO. The van der Waals surface area contributed by atoms with Gasteiger partial charge in [0.25, 0.3) is 0 Å². The fourth-order valence-corrected chi connectivity index (χ4v) is 1.41. The summed E-state index contributed by atoms with van der Waals surface area (Å²) in [5.74, 6) is -0.713. The van der Waals surface area contributed by atoms with E-state index in [-0.39, 0.29) is 18.2 Å². The van der Waals surface area contributed by atoms with Gasteiger partial charge < -0.3 is 10.4 Å². The minimum absolute atomic E-state index is 0.00606. The summed E-state index contributed by atoms with van der Waals surface area (Å²) in [5, 5.41) is 12.9. The van der Waals surface area contributed by atoms with E-state index in [1.807, 2.05) is 20.8 Å². The molecule has 1 rings (SSSR count). The van der Waals surface area contributed by atoms with Gasteiger partial charge in [0.05, 0.1) is 6.10 Å². The van der Waals surface area contributed by atoms with Gasteiger partial charge in [-0.1, -0.05) is 13.8 Å². The van der Waals surface area contributed by atoms with Gasteiger partial charge in [0.15, 0.2) is 0 Å². The van der Waals surface area contributed by atoms with Crippen LogP contribution in [0.1, 0.15) is 32.4 Å². The maximum absolute atomic E-state index is 13.3. The summed E-state index contributed by atoms with van der Waals surface area (Å²) in [6.45, 7) is 6.29. The zero-order valence-electron chi connectivity index (χ0n) is 10.4. The molecule has 1 aromatic carbocycles. The van der Waals surface area contributed by atoms with E-state index in [0.717, 1.165) is 18.2 Å². The van der Waals surface area contributed by atoms with E-state index in [9.17, 15) is 13.9 Å². The van der Waals surface area contributed by atoms with Gasteiger partial charge >= 0.3 is 0 Å². The molecule has 1 aromatic rings. The summed E-state index contributed by atoms with van der Waals surface area (Å²) in [6.07, 6.45) is -1.04. The van der Waals surface area contributed by atoms with Crippen LogP contribution in [0, 0.1) is 17.6 Å². The van der Waals surface area contributed by atoms with Crippen molar-refractivity contribution in [3.05, 3.63) is 35.4 Å². The molecule has 96 valence electrons. The third-order valence-electron chi connectivity index (χ3n) is 2.95. The van der Waals surface area contributed by atoms with Gasteiger partial charge in [-0.15, -0.1) is 0 Å². The lowest BCUT2D eigenvalue weighted by Crippen LogP contribution is -2.34. The fourth-order valence-electron chi connectivity index (χ4n) is 1.41. The maximum atomic E-state index is 13.3. The zero-order chi connectivity index (χ0) is 13.0. The predicted octanol–water partition coefficient (Wildman–Crippen LogP) is 2.63. The number of rotatable bonds is 5. The van der Waals surface area contributed by atoms with Crippen LogP contribution in [0.25, 0.3) is 0 Å². The highest BCUT2D eigenvalue weighted by molar-refractivity contribution is 5.21. The molecule has 2 nitrogen and oxygen atoms in total. The summed E-state index contributed by atoms with van der Waals surface area (Å²) in [4.78, 5) is 0. The SMILES string of the molecule is CC(C)C(C)NCC(O)c1cc(F)ccc1F. The maximum Gasteiger partial charge on any atom is 0.129 e. The zero-order valence-corrected chi connectivity index (χ0v) is 10.4. The lowest BCUT2D eigenvalue weighted by molar-refractivity contribution is 0.162. The van der Waals surface area contributed by atoms with E-state index in [1.165, 1.54) is 0 Å². The van der Waals surface area contributed by atoms with Crippen LogP contribution in [0.15, 0.2) is 18.2 Å². The second-order valence-electron chi connectivity index (χ2n) is 4.62. The molecule has 0 aliphatic carbocycles. The van der Waals surface area contributed by atoms with E-state index in [4.69, 9.17) is 0 Å². The van der Waals surface area contributed by atoms with Crippen molar-refractivity contribution in [2.75, 3.05) is 6.54 Å². The Morgan fingerprint density at radius 2 is 1.88 bits per heavy atom. The first-order valence-corrected chi connectivity index (χ1v) is 5.78. The number of benzene rings is 1. The van der Waals surface area contributed by atoms with Crippen LogP contribution in [0.5, 0.6) is 0 Å². The molecule has 0 fully saturated rings. The molecule has 2 unspecified atom stereocenters. The second-order valence-corrected chi connectivity index (χ2v) is 4.62. The molecule has 2 atom stereocenters. The number of hydrogen-bond donors (Lipinski definition) is 2. The average molecular weight is 243 g/mol. The van der Waals surface area contributed by atoms with E-state index >= 15 is 0 Å². The minimum Gasteiger partial charge on any atom is -0.387 e. The molecule has 0 heterocycles. The predicted molar refractivity (Wildman–Crippen MR) is 63.6 cm³/mol. The summed E-state index contributed by atoms with van der Waals surface area (Å²) in [5.41, 5.74) is -0.00606.